The van der Waals surface area contributed by atoms with Crippen molar-refractivity contribution in [2.45, 2.75) is 24.9 Å². The molecule has 2 rings (SSSR count). The van der Waals surface area contributed by atoms with Gasteiger partial charge in [0.05, 0.1) is 0 Å². The van der Waals surface area contributed by atoms with Crippen molar-refractivity contribution < 1.29 is 38.9 Å². The van der Waals surface area contributed by atoms with Gasteiger partial charge in [0.1, 0.15) is 23.6 Å². The number of hydrogen-bond donors (Lipinski definition) is 4. The van der Waals surface area contributed by atoms with Crippen LogP contribution in [0.2, 0.25) is 0 Å². The molecule has 0 fully saturated rings. The Bertz CT molecular complexity index is 847. The quantitative estimate of drug-likeness (QED) is 0.277. The monoisotopic (exact) mass is 416 g/mol. The van der Waals surface area contributed by atoms with Crippen LogP contribution in [0.4, 0.5) is 0 Å². The normalized spacial score (nSPS) is 12.5. The van der Waals surface area contributed by atoms with E-state index in [0.717, 1.165) is 0 Å². The third-order valence-corrected chi connectivity index (χ3v) is 3.94. The molecule has 0 amide bonds. The molecular formula is C20H20N2O8. The Hall–Kier alpha value is -3.76. The summed E-state index contributed by atoms with van der Waals surface area (Å²) in [7, 11) is 0. The summed E-state index contributed by atoms with van der Waals surface area (Å²) < 4.78 is 8.67. The fraction of sp³-hybridized carbons (Fsp3) is 0.200. The fourth-order valence-electron chi connectivity index (χ4n) is 2.36. The number of carbonyl (C=O) groups is 4. The lowest BCUT2D eigenvalue weighted by Crippen LogP contribution is -2.40. The highest BCUT2D eigenvalue weighted by Crippen LogP contribution is 2.12. The Morgan fingerprint density at radius 1 is 0.667 bits per heavy atom. The number of rotatable bonds is 6. The summed E-state index contributed by atoms with van der Waals surface area (Å²) in [5, 5.41) is 18.4. The van der Waals surface area contributed by atoms with E-state index in [1.165, 1.54) is 48.5 Å². The third-order valence-electron chi connectivity index (χ3n) is 3.94. The van der Waals surface area contributed by atoms with Crippen molar-refractivity contribution >= 4 is 23.9 Å². The molecule has 158 valence electrons. The number of carbonyl (C=O) groups excluding carboxylic acids is 4. The van der Waals surface area contributed by atoms with E-state index in [4.69, 9.17) is 11.5 Å². The van der Waals surface area contributed by atoms with Gasteiger partial charge in [-0.25, -0.2) is 19.2 Å². The standard InChI is InChI=1S/C20H20N2O8/c21-15(9-11-1-5-13(23)6-2-11)17(25)29-19(27)20(28)30-18(26)16(22)10-12-3-7-14(24)8-4-12/h1-8,15-16,23-24H,9-10,21-22H2/t15-,16-/m0/s1. The van der Waals surface area contributed by atoms with Gasteiger partial charge in [0.25, 0.3) is 0 Å². The smallest absolute Gasteiger partial charge is 0.425 e. The summed E-state index contributed by atoms with van der Waals surface area (Å²) in [5.74, 6) is -5.73. The van der Waals surface area contributed by atoms with Crippen LogP contribution < -0.4 is 11.5 Å². The minimum Gasteiger partial charge on any atom is -0.508 e. The minimum atomic E-state index is -1.70. The van der Waals surface area contributed by atoms with E-state index in [2.05, 4.69) is 9.47 Å². The van der Waals surface area contributed by atoms with Crippen molar-refractivity contribution in [1.82, 2.24) is 0 Å². The average molecular weight is 416 g/mol. The van der Waals surface area contributed by atoms with Crippen molar-refractivity contribution in [3.63, 3.8) is 0 Å². The first-order valence-electron chi connectivity index (χ1n) is 8.74. The van der Waals surface area contributed by atoms with E-state index >= 15 is 0 Å². The lowest BCUT2D eigenvalue weighted by molar-refractivity contribution is -0.178. The zero-order valence-corrected chi connectivity index (χ0v) is 15.7. The molecule has 30 heavy (non-hydrogen) atoms. The minimum absolute atomic E-state index is 0.0160. The Morgan fingerprint density at radius 3 is 1.27 bits per heavy atom. The SMILES string of the molecule is N[C@@H](Cc1ccc(O)cc1)C(=O)OC(=O)C(=O)OC(=O)[C@@H](N)Cc1ccc(O)cc1. The number of nitrogens with two attached hydrogens (primary N) is 2. The van der Waals surface area contributed by atoms with Gasteiger partial charge in [0.2, 0.25) is 0 Å². The van der Waals surface area contributed by atoms with Gasteiger partial charge >= 0.3 is 23.9 Å². The molecule has 0 aliphatic heterocycles. The van der Waals surface area contributed by atoms with Crippen LogP contribution in [0.3, 0.4) is 0 Å². The number of benzene rings is 2. The van der Waals surface area contributed by atoms with E-state index in [1.54, 1.807) is 0 Å². The number of phenolic OH excluding ortho intramolecular Hbond substituents is 2. The number of esters is 4. The van der Waals surface area contributed by atoms with Crippen LogP contribution in [0.15, 0.2) is 48.5 Å². The zero-order valence-electron chi connectivity index (χ0n) is 15.7. The lowest BCUT2D eigenvalue weighted by Gasteiger charge is -2.12. The number of phenols is 2. The molecule has 0 aromatic heterocycles. The second-order valence-electron chi connectivity index (χ2n) is 6.37. The summed E-state index contributed by atoms with van der Waals surface area (Å²) in [5.41, 5.74) is 12.4. The van der Waals surface area contributed by atoms with Crippen LogP contribution in [0, 0.1) is 0 Å². The Kier molecular flexibility index (Phi) is 7.62. The van der Waals surface area contributed by atoms with Crippen LogP contribution in [-0.4, -0.2) is 46.2 Å². The van der Waals surface area contributed by atoms with Crippen LogP contribution in [-0.2, 0) is 41.5 Å². The molecule has 0 aliphatic carbocycles. The van der Waals surface area contributed by atoms with Crippen LogP contribution in [0.5, 0.6) is 11.5 Å². The van der Waals surface area contributed by atoms with Gasteiger partial charge in [0.15, 0.2) is 0 Å². The molecule has 6 N–H and O–H groups in total. The van der Waals surface area contributed by atoms with Gasteiger partial charge in [0, 0.05) is 0 Å². The molecule has 0 unspecified atom stereocenters. The first-order chi connectivity index (χ1) is 14.2. The fourth-order valence-corrected chi connectivity index (χ4v) is 2.36. The van der Waals surface area contributed by atoms with Crippen molar-refractivity contribution in [2.75, 3.05) is 0 Å². The second-order valence-corrected chi connectivity index (χ2v) is 6.37. The molecule has 2 aromatic carbocycles. The Morgan fingerprint density at radius 2 is 0.967 bits per heavy atom. The first-order valence-corrected chi connectivity index (χ1v) is 8.74. The molecule has 10 heteroatoms. The lowest BCUT2D eigenvalue weighted by atomic mass is 10.1. The van der Waals surface area contributed by atoms with Gasteiger partial charge in [-0.2, -0.15) is 0 Å². The van der Waals surface area contributed by atoms with E-state index < -0.39 is 36.0 Å². The Balaban J connectivity index is 1.82. The predicted octanol–water partition coefficient (Wildman–Crippen LogP) is -0.323. The molecule has 0 aliphatic rings. The van der Waals surface area contributed by atoms with Crippen molar-refractivity contribution in [3.05, 3.63) is 59.7 Å². The van der Waals surface area contributed by atoms with Crippen LogP contribution >= 0.6 is 0 Å². The van der Waals surface area contributed by atoms with Crippen LogP contribution in [0.25, 0.3) is 0 Å². The summed E-state index contributed by atoms with van der Waals surface area (Å²) >= 11 is 0. The summed E-state index contributed by atoms with van der Waals surface area (Å²) in [6.45, 7) is 0. The maximum atomic E-state index is 11.9. The van der Waals surface area contributed by atoms with Crippen molar-refractivity contribution in [3.8, 4) is 11.5 Å². The highest BCUT2D eigenvalue weighted by Gasteiger charge is 2.29. The second kappa shape index (κ2) is 10.1. The van der Waals surface area contributed by atoms with Gasteiger partial charge in [-0.1, -0.05) is 24.3 Å². The molecule has 10 nitrogen and oxygen atoms in total. The molecule has 0 saturated heterocycles. The predicted molar refractivity (Wildman–Crippen MR) is 102 cm³/mol. The highest BCUT2D eigenvalue weighted by molar-refractivity contribution is 6.33. The van der Waals surface area contributed by atoms with Crippen molar-refractivity contribution in [1.29, 1.82) is 0 Å². The van der Waals surface area contributed by atoms with E-state index in [-0.39, 0.29) is 24.3 Å². The van der Waals surface area contributed by atoms with Crippen LogP contribution in [0.1, 0.15) is 11.1 Å². The van der Waals surface area contributed by atoms with Gasteiger partial charge in [-0.3, -0.25) is 0 Å². The third kappa shape index (κ3) is 6.69. The van der Waals surface area contributed by atoms with Gasteiger partial charge in [-0.15, -0.1) is 0 Å². The zero-order chi connectivity index (χ0) is 22.3. The maximum Gasteiger partial charge on any atom is 0.425 e. The molecule has 0 heterocycles. The molecular weight excluding hydrogens is 396 g/mol. The molecule has 0 saturated carbocycles. The molecule has 0 bridgehead atoms. The summed E-state index contributed by atoms with van der Waals surface area (Å²) in [4.78, 5) is 47.1. The summed E-state index contributed by atoms with van der Waals surface area (Å²) in [6.07, 6.45) is -0.0320. The molecule has 2 atom stereocenters. The molecule has 0 spiro atoms. The molecule has 0 radical (unpaired) electrons. The van der Waals surface area contributed by atoms with Crippen molar-refractivity contribution in [2.24, 2.45) is 11.5 Å². The largest absolute Gasteiger partial charge is 0.508 e. The Labute approximate surface area is 171 Å². The number of hydrogen-bond acceptors (Lipinski definition) is 10. The number of aromatic hydroxyl groups is 2. The van der Waals surface area contributed by atoms with E-state index in [1.807, 2.05) is 0 Å². The topological polar surface area (TPSA) is 179 Å². The van der Waals surface area contributed by atoms with Gasteiger partial charge in [-0.05, 0) is 48.2 Å². The highest BCUT2D eigenvalue weighted by atomic mass is 16.6. The summed E-state index contributed by atoms with van der Waals surface area (Å²) in [6, 6.07) is 9.12. The van der Waals surface area contributed by atoms with E-state index in [9.17, 15) is 29.4 Å². The maximum absolute atomic E-state index is 11.9. The number of ether oxygens (including phenoxy) is 2. The van der Waals surface area contributed by atoms with E-state index in [0.29, 0.717) is 11.1 Å². The molecule has 2 aromatic rings. The van der Waals surface area contributed by atoms with Gasteiger partial charge < -0.3 is 31.2 Å². The average Bonchev–Trinajstić information content (AvgIpc) is 2.71. The first kappa shape index (κ1) is 22.5.